The highest BCUT2D eigenvalue weighted by Gasteiger charge is 2.26. The molecule has 0 heterocycles. The predicted molar refractivity (Wildman–Crippen MR) is 79.0 cm³/mol. The summed E-state index contributed by atoms with van der Waals surface area (Å²) in [6.07, 6.45) is 6.05. The molecule has 1 aromatic rings. The Labute approximate surface area is 124 Å². The van der Waals surface area contributed by atoms with Gasteiger partial charge in [-0.15, -0.1) is 0 Å². The molecule has 5 heteroatoms. The quantitative estimate of drug-likeness (QED) is 0.873. The summed E-state index contributed by atoms with van der Waals surface area (Å²) in [6.45, 7) is 3.02. The van der Waals surface area contributed by atoms with Crippen LogP contribution in [0.2, 0.25) is 0 Å². The van der Waals surface area contributed by atoms with E-state index < -0.39 is 17.5 Å². The van der Waals surface area contributed by atoms with Gasteiger partial charge in [-0.3, -0.25) is 4.79 Å². The van der Waals surface area contributed by atoms with Crippen molar-refractivity contribution < 1.29 is 13.6 Å². The van der Waals surface area contributed by atoms with Gasteiger partial charge in [0.15, 0.2) is 0 Å². The van der Waals surface area contributed by atoms with Crippen LogP contribution in [0.25, 0.3) is 0 Å². The van der Waals surface area contributed by atoms with Gasteiger partial charge in [-0.1, -0.05) is 32.3 Å². The first-order valence-corrected chi connectivity index (χ1v) is 7.45. The summed E-state index contributed by atoms with van der Waals surface area (Å²) in [5.41, 5.74) is -0.157. The summed E-state index contributed by atoms with van der Waals surface area (Å²) in [5.74, 6) is -1.96. The highest BCUT2D eigenvalue weighted by Crippen LogP contribution is 2.34. The maximum atomic E-state index is 13.4. The molecule has 1 fully saturated rings. The summed E-state index contributed by atoms with van der Waals surface area (Å²) in [7, 11) is 0. The minimum atomic E-state index is -0.761. The number of carbonyl (C=O) groups is 1. The van der Waals surface area contributed by atoms with E-state index in [1.165, 1.54) is 25.3 Å². The zero-order chi connectivity index (χ0) is 15.3. The Hall–Kier alpha value is -1.49. The van der Waals surface area contributed by atoms with Crippen molar-refractivity contribution in [2.45, 2.75) is 39.0 Å². The van der Waals surface area contributed by atoms with Crippen LogP contribution in [-0.4, -0.2) is 19.0 Å². The van der Waals surface area contributed by atoms with Gasteiger partial charge in [-0.25, -0.2) is 8.78 Å². The second kappa shape index (κ2) is 6.98. The number of anilines is 1. The number of benzene rings is 1. The third kappa shape index (κ3) is 4.49. The van der Waals surface area contributed by atoms with Crippen molar-refractivity contribution in [1.82, 2.24) is 5.32 Å². The number of rotatable bonds is 5. The highest BCUT2D eigenvalue weighted by atomic mass is 19.1. The first-order chi connectivity index (χ1) is 10.0. The maximum Gasteiger partial charge on any atom is 0.238 e. The minimum absolute atomic E-state index is 0.0589. The van der Waals surface area contributed by atoms with E-state index in [4.69, 9.17) is 0 Å². The lowest BCUT2D eigenvalue weighted by Gasteiger charge is -2.33. The Bertz CT molecular complexity index is 479. The van der Waals surface area contributed by atoms with Crippen LogP contribution in [0.3, 0.4) is 0 Å². The molecule has 1 amide bonds. The normalized spacial score (nSPS) is 17.5. The second-order valence-electron chi connectivity index (χ2n) is 6.12. The van der Waals surface area contributed by atoms with Crippen LogP contribution in [0, 0.1) is 17.0 Å². The van der Waals surface area contributed by atoms with Gasteiger partial charge in [-0.2, -0.15) is 0 Å². The lowest BCUT2D eigenvalue weighted by atomic mass is 9.76. The minimum Gasteiger partial charge on any atom is -0.320 e. The Morgan fingerprint density at radius 3 is 2.43 bits per heavy atom. The average molecular weight is 296 g/mol. The van der Waals surface area contributed by atoms with Crippen molar-refractivity contribution in [3.63, 3.8) is 0 Å². The molecule has 0 radical (unpaired) electrons. The highest BCUT2D eigenvalue weighted by molar-refractivity contribution is 5.92. The smallest absolute Gasteiger partial charge is 0.238 e. The van der Waals surface area contributed by atoms with Gasteiger partial charge in [-0.05, 0) is 30.4 Å². The average Bonchev–Trinajstić information content (AvgIpc) is 2.44. The number of halogens is 2. The topological polar surface area (TPSA) is 41.1 Å². The molecular weight excluding hydrogens is 274 g/mol. The molecule has 21 heavy (non-hydrogen) atoms. The molecule has 1 aliphatic rings. The van der Waals surface area contributed by atoms with E-state index in [1.54, 1.807) is 0 Å². The van der Waals surface area contributed by atoms with Gasteiger partial charge in [0.1, 0.15) is 17.3 Å². The van der Waals surface area contributed by atoms with Crippen LogP contribution in [0.5, 0.6) is 0 Å². The Morgan fingerprint density at radius 1 is 1.19 bits per heavy atom. The molecule has 0 spiro atoms. The summed E-state index contributed by atoms with van der Waals surface area (Å²) in [5, 5.41) is 5.37. The summed E-state index contributed by atoms with van der Waals surface area (Å²) in [6, 6.07) is 3.51. The van der Waals surface area contributed by atoms with Crippen molar-refractivity contribution in [3.8, 4) is 0 Å². The van der Waals surface area contributed by atoms with Gasteiger partial charge in [0.25, 0.3) is 0 Å². The van der Waals surface area contributed by atoms with Crippen molar-refractivity contribution >= 4 is 11.6 Å². The van der Waals surface area contributed by atoms with Crippen LogP contribution in [-0.2, 0) is 4.79 Å². The van der Waals surface area contributed by atoms with E-state index in [0.717, 1.165) is 31.5 Å². The number of hydrogen-bond acceptors (Lipinski definition) is 2. The Morgan fingerprint density at radius 2 is 1.81 bits per heavy atom. The second-order valence-corrected chi connectivity index (χ2v) is 6.12. The van der Waals surface area contributed by atoms with Crippen LogP contribution in [0.1, 0.15) is 39.0 Å². The van der Waals surface area contributed by atoms with Crippen LogP contribution >= 0.6 is 0 Å². The van der Waals surface area contributed by atoms with Crippen molar-refractivity contribution in [2.24, 2.45) is 5.41 Å². The lowest BCUT2D eigenvalue weighted by molar-refractivity contribution is -0.115. The lowest BCUT2D eigenvalue weighted by Crippen LogP contribution is -2.37. The molecule has 1 aliphatic carbocycles. The molecule has 1 saturated carbocycles. The first-order valence-electron chi connectivity index (χ1n) is 7.45. The van der Waals surface area contributed by atoms with Gasteiger partial charge < -0.3 is 10.6 Å². The third-order valence-corrected chi connectivity index (χ3v) is 4.13. The number of nitrogens with one attached hydrogen (secondary N) is 2. The predicted octanol–water partition coefficient (Wildman–Crippen LogP) is 3.46. The SMILES string of the molecule is CC1(CNCC(=O)Nc2c(F)cccc2F)CCCCC1. The number of para-hydroxylation sites is 1. The maximum absolute atomic E-state index is 13.4. The summed E-state index contributed by atoms with van der Waals surface area (Å²) >= 11 is 0. The Balaban J connectivity index is 1.80. The molecule has 0 unspecified atom stereocenters. The van der Waals surface area contributed by atoms with E-state index >= 15 is 0 Å². The molecule has 0 atom stereocenters. The molecule has 2 rings (SSSR count). The standard InChI is InChI=1S/C16H22F2N2O/c1-16(8-3-2-4-9-16)11-19-10-14(21)20-15-12(17)6-5-7-13(15)18/h5-7,19H,2-4,8-11H2,1H3,(H,20,21). The van der Waals surface area contributed by atoms with Gasteiger partial charge in [0, 0.05) is 6.54 Å². The molecule has 0 bridgehead atoms. The molecule has 2 N–H and O–H groups in total. The zero-order valence-corrected chi connectivity index (χ0v) is 12.3. The van der Waals surface area contributed by atoms with Crippen molar-refractivity contribution in [3.05, 3.63) is 29.8 Å². The van der Waals surface area contributed by atoms with Crippen molar-refractivity contribution in [1.29, 1.82) is 0 Å². The number of amides is 1. The number of carbonyl (C=O) groups excluding carboxylic acids is 1. The molecule has 116 valence electrons. The summed E-state index contributed by atoms with van der Waals surface area (Å²) < 4.78 is 26.8. The zero-order valence-electron chi connectivity index (χ0n) is 12.3. The molecule has 1 aromatic carbocycles. The van der Waals surface area contributed by atoms with E-state index in [-0.39, 0.29) is 17.6 Å². The van der Waals surface area contributed by atoms with Crippen LogP contribution in [0.4, 0.5) is 14.5 Å². The fraction of sp³-hybridized carbons (Fsp3) is 0.562. The van der Waals surface area contributed by atoms with Gasteiger partial charge >= 0.3 is 0 Å². The molecule has 0 aromatic heterocycles. The van der Waals surface area contributed by atoms with E-state index in [9.17, 15) is 13.6 Å². The fourth-order valence-electron chi connectivity index (χ4n) is 2.86. The molecule has 3 nitrogen and oxygen atoms in total. The van der Waals surface area contributed by atoms with Crippen LogP contribution < -0.4 is 10.6 Å². The van der Waals surface area contributed by atoms with E-state index in [2.05, 4.69) is 17.6 Å². The van der Waals surface area contributed by atoms with Crippen molar-refractivity contribution in [2.75, 3.05) is 18.4 Å². The van der Waals surface area contributed by atoms with Gasteiger partial charge in [0.05, 0.1) is 6.54 Å². The Kier molecular flexibility index (Phi) is 5.28. The van der Waals surface area contributed by atoms with Crippen LogP contribution in [0.15, 0.2) is 18.2 Å². The summed E-state index contributed by atoms with van der Waals surface area (Å²) in [4.78, 5) is 11.8. The third-order valence-electron chi connectivity index (χ3n) is 4.13. The number of hydrogen-bond donors (Lipinski definition) is 2. The molecule has 0 saturated heterocycles. The van der Waals surface area contributed by atoms with E-state index in [0.29, 0.717) is 0 Å². The largest absolute Gasteiger partial charge is 0.320 e. The molecule has 0 aliphatic heterocycles. The van der Waals surface area contributed by atoms with Gasteiger partial charge in [0.2, 0.25) is 5.91 Å². The first kappa shape index (κ1) is 15.9. The monoisotopic (exact) mass is 296 g/mol. The fourth-order valence-corrected chi connectivity index (χ4v) is 2.86. The molecular formula is C16H22F2N2O. The van der Waals surface area contributed by atoms with E-state index in [1.807, 2.05) is 0 Å².